The molecule has 0 unspecified atom stereocenters. The predicted octanol–water partition coefficient (Wildman–Crippen LogP) is 5.22. The Morgan fingerprint density at radius 3 is 2.20 bits per heavy atom. The van der Waals surface area contributed by atoms with Crippen molar-refractivity contribution in [2.45, 2.75) is 66.0 Å². The number of rotatable bonds is 10. The summed E-state index contributed by atoms with van der Waals surface area (Å²) in [5.74, 6) is -0.138. The molecule has 2 rings (SSSR count). The van der Waals surface area contributed by atoms with Crippen LogP contribution in [0.1, 0.15) is 55.4 Å². The van der Waals surface area contributed by atoms with Crippen LogP contribution in [0.25, 0.3) is 0 Å². The lowest BCUT2D eigenvalue weighted by molar-refractivity contribution is -0.140. The van der Waals surface area contributed by atoms with Crippen molar-refractivity contribution in [2.24, 2.45) is 0 Å². The SMILES string of the molecule is CCCCNC(=O)[C@@H](CC)N(Cc1ccc(Cl)cc1)C(=O)Cc1cc(C)cc(C)c1. The molecule has 0 fully saturated rings. The number of nitrogens with one attached hydrogen (secondary N) is 1. The minimum Gasteiger partial charge on any atom is -0.354 e. The van der Waals surface area contributed by atoms with Gasteiger partial charge in [-0.05, 0) is 49.9 Å². The molecule has 0 saturated carbocycles. The van der Waals surface area contributed by atoms with E-state index < -0.39 is 6.04 Å². The summed E-state index contributed by atoms with van der Waals surface area (Å²) in [6.07, 6.45) is 2.77. The third-order valence-electron chi connectivity index (χ3n) is 5.12. The van der Waals surface area contributed by atoms with Crippen molar-refractivity contribution >= 4 is 23.4 Å². The Balaban J connectivity index is 2.26. The Morgan fingerprint density at radius 2 is 1.63 bits per heavy atom. The molecule has 1 atom stereocenters. The molecule has 0 aliphatic heterocycles. The first-order chi connectivity index (χ1) is 14.3. The Morgan fingerprint density at radius 1 is 1.00 bits per heavy atom. The van der Waals surface area contributed by atoms with E-state index in [4.69, 9.17) is 11.6 Å². The first kappa shape index (κ1) is 23.9. The van der Waals surface area contributed by atoms with Gasteiger partial charge in [0.25, 0.3) is 0 Å². The van der Waals surface area contributed by atoms with E-state index in [2.05, 4.69) is 18.3 Å². The third kappa shape index (κ3) is 7.17. The molecule has 0 saturated heterocycles. The molecule has 2 aromatic rings. The van der Waals surface area contributed by atoms with E-state index in [9.17, 15) is 9.59 Å². The molecule has 0 aliphatic rings. The minimum absolute atomic E-state index is 0.0487. The fraction of sp³-hybridized carbons (Fsp3) is 0.440. The fourth-order valence-electron chi connectivity index (χ4n) is 3.66. The van der Waals surface area contributed by atoms with Gasteiger partial charge in [0, 0.05) is 18.1 Å². The zero-order chi connectivity index (χ0) is 22.1. The normalized spacial score (nSPS) is 11.8. The highest BCUT2D eigenvalue weighted by atomic mass is 35.5. The fourth-order valence-corrected chi connectivity index (χ4v) is 3.79. The van der Waals surface area contributed by atoms with Crippen molar-refractivity contribution in [2.75, 3.05) is 6.54 Å². The van der Waals surface area contributed by atoms with E-state index in [0.29, 0.717) is 24.5 Å². The molecular formula is C25H33ClN2O2. The van der Waals surface area contributed by atoms with E-state index in [-0.39, 0.29) is 18.2 Å². The Kier molecular flexibility index (Phi) is 9.38. The molecule has 5 heteroatoms. The first-order valence-corrected chi connectivity index (χ1v) is 11.1. The maximum Gasteiger partial charge on any atom is 0.242 e. The van der Waals surface area contributed by atoms with Crippen molar-refractivity contribution in [3.8, 4) is 0 Å². The molecule has 0 heterocycles. The van der Waals surface area contributed by atoms with Crippen LogP contribution < -0.4 is 5.32 Å². The number of hydrogen-bond donors (Lipinski definition) is 1. The van der Waals surface area contributed by atoms with Crippen LogP contribution >= 0.6 is 11.6 Å². The standard InChI is InChI=1S/C25H33ClN2O2/c1-5-7-12-27-25(30)23(6-2)28(17-20-8-10-22(26)11-9-20)24(29)16-21-14-18(3)13-19(4)15-21/h8-11,13-15,23H,5-7,12,16-17H2,1-4H3,(H,27,30)/t23-/m1/s1. The number of hydrogen-bond acceptors (Lipinski definition) is 2. The van der Waals surface area contributed by atoms with E-state index in [1.165, 1.54) is 0 Å². The number of carbonyl (C=O) groups excluding carboxylic acids is 2. The molecule has 0 bridgehead atoms. The molecular weight excluding hydrogens is 396 g/mol. The Labute approximate surface area is 185 Å². The number of nitrogens with zero attached hydrogens (tertiary/aromatic N) is 1. The summed E-state index contributed by atoms with van der Waals surface area (Å²) >= 11 is 6.01. The summed E-state index contributed by atoms with van der Waals surface area (Å²) in [6, 6.07) is 13.1. The molecule has 0 spiro atoms. The highest BCUT2D eigenvalue weighted by molar-refractivity contribution is 6.30. The van der Waals surface area contributed by atoms with Gasteiger partial charge >= 0.3 is 0 Å². The van der Waals surface area contributed by atoms with Crippen molar-refractivity contribution in [1.82, 2.24) is 10.2 Å². The average molecular weight is 429 g/mol. The maximum atomic E-state index is 13.4. The molecule has 0 aromatic heterocycles. The van der Waals surface area contributed by atoms with Crippen LogP contribution in [0.4, 0.5) is 0 Å². The highest BCUT2D eigenvalue weighted by Gasteiger charge is 2.28. The van der Waals surface area contributed by atoms with E-state index in [0.717, 1.165) is 35.1 Å². The van der Waals surface area contributed by atoms with Gasteiger partial charge in [-0.3, -0.25) is 9.59 Å². The smallest absolute Gasteiger partial charge is 0.242 e. The monoisotopic (exact) mass is 428 g/mol. The van der Waals surface area contributed by atoms with Crippen molar-refractivity contribution in [3.63, 3.8) is 0 Å². The van der Waals surface area contributed by atoms with Gasteiger partial charge in [-0.1, -0.05) is 73.3 Å². The topological polar surface area (TPSA) is 49.4 Å². The number of benzene rings is 2. The lowest BCUT2D eigenvalue weighted by atomic mass is 10.0. The number of halogens is 1. The summed E-state index contributed by atoms with van der Waals surface area (Å²) in [4.78, 5) is 27.9. The van der Waals surface area contributed by atoms with Gasteiger partial charge in [0.05, 0.1) is 6.42 Å². The molecule has 162 valence electrons. The zero-order valence-corrected chi connectivity index (χ0v) is 19.3. The van der Waals surface area contributed by atoms with Crippen LogP contribution in [0.15, 0.2) is 42.5 Å². The van der Waals surface area contributed by atoms with E-state index in [1.54, 1.807) is 4.90 Å². The summed E-state index contributed by atoms with van der Waals surface area (Å²) < 4.78 is 0. The van der Waals surface area contributed by atoms with Gasteiger partial charge in [-0.25, -0.2) is 0 Å². The van der Waals surface area contributed by atoms with Gasteiger partial charge in [-0.2, -0.15) is 0 Å². The second kappa shape index (κ2) is 11.8. The van der Waals surface area contributed by atoms with Crippen LogP contribution in [-0.2, 0) is 22.6 Å². The van der Waals surface area contributed by atoms with Gasteiger partial charge in [-0.15, -0.1) is 0 Å². The molecule has 2 amide bonds. The molecule has 0 radical (unpaired) electrons. The quantitative estimate of drug-likeness (QED) is 0.527. The van der Waals surface area contributed by atoms with Crippen LogP contribution in [0.2, 0.25) is 5.02 Å². The Bertz CT molecular complexity index is 828. The summed E-state index contributed by atoms with van der Waals surface area (Å²) in [6.45, 7) is 9.10. The van der Waals surface area contributed by atoms with Crippen LogP contribution in [0.5, 0.6) is 0 Å². The Hall–Kier alpha value is -2.33. The highest BCUT2D eigenvalue weighted by Crippen LogP contribution is 2.18. The van der Waals surface area contributed by atoms with Gasteiger partial charge in [0.1, 0.15) is 6.04 Å². The second-order valence-electron chi connectivity index (χ2n) is 7.89. The van der Waals surface area contributed by atoms with Crippen molar-refractivity contribution in [3.05, 3.63) is 69.7 Å². The maximum absolute atomic E-state index is 13.4. The zero-order valence-electron chi connectivity index (χ0n) is 18.5. The van der Waals surface area contributed by atoms with Gasteiger partial charge in [0.2, 0.25) is 11.8 Å². The minimum atomic E-state index is -0.504. The van der Waals surface area contributed by atoms with E-state index >= 15 is 0 Å². The lowest BCUT2D eigenvalue weighted by Gasteiger charge is -2.31. The largest absolute Gasteiger partial charge is 0.354 e. The van der Waals surface area contributed by atoms with E-state index in [1.807, 2.05) is 57.2 Å². The predicted molar refractivity (Wildman–Crippen MR) is 124 cm³/mol. The average Bonchev–Trinajstić information content (AvgIpc) is 2.68. The number of amides is 2. The third-order valence-corrected chi connectivity index (χ3v) is 5.37. The van der Waals surface area contributed by atoms with Crippen LogP contribution in [-0.4, -0.2) is 29.3 Å². The molecule has 1 N–H and O–H groups in total. The number of carbonyl (C=O) groups is 2. The van der Waals surface area contributed by atoms with Crippen molar-refractivity contribution < 1.29 is 9.59 Å². The molecule has 30 heavy (non-hydrogen) atoms. The van der Waals surface area contributed by atoms with Crippen LogP contribution in [0.3, 0.4) is 0 Å². The summed E-state index contributed by atoms with van der Waals surface area (Å²) in [5.41, 5.74) is 4.19. The van der Waals surface area contributed by atoms with Crippen LogP contribution in [0, 0.1) is 13.8 Å². The molecule has 4 nitrogen and oxygen atoms in total. The summed E-state index contributed by atoms with van der Waals surface area (Å²) in [5, 5.41) is 3.64. The van der Waals surface area contributed by atoms with Crippen molar-refractivity contribution in [1.29, 1.82) is 0 Å². The van der Waals surface area contributed by atoms with Gasteiger partial charge in [0.15, 0.2) is 0 Å². The number of unbranched alkanes of at least 4 members (excludes halogenated alkanes) is 1. The number of aryl methyl sites for hydroxylation is 2. The summed E-state index contributed by atoms with van der Waals surface area (Å²) in [7, 11) is 0. The lowest BCUT2D eigenvalue weighted by Crippen LogP contribution is -2.49. The second-order valence-corrected chi connectivity index (χ2v) is 8.33. The molecule has 2 aromatic carbocycles. The molecule has 0 aliphatic carbocycles. The van der Waals surface area contributed by atoms with Gasteiger partial charge < -0.3 is 10.2 Å². The first-order valence-electron chi connectivity index (χ1n) is 10.7.